The van der Waals surface area contributed by atoms with Gasteiger partial charge in [-0.2, -0.15) is 0 Å². The van der Waals surface area contributed by atoms with Crippen molar-refractivity contribution < 1.29 is 14.5 Å². The first-order valence-electron chi connectivity index (χ1n) is 8.94. The molecule has 1 N–H and O–H groups in total. The second kappa shape index (κ2) is 8.66. The van der Waals surface area contributed by atoms with E-state index in [2.05, 4.69) is 25.2 Å². The van der Waals surface area contributed by atoms with Gasteiger partial charge in [-0.3, -0.25) is 14.9 Å². The number of benzene rings is 2. The van der Waals surface area contributed by atoms with Gasteiger partial charge < -0.3 is 10.1 Å². The van der Waals surface area contributed by atoms with Crippen molar-refractivity contribution in [3.8, 4) is 5.75 Å². The Morgan fingerprint density at radius 2 is 1.85 bits per heavy atom. The lowest BCUT2D eigenvalue weighted by Crippen LogP contribution is -2.29. The van der Waals surface area contributed by atoms with Crippen molar-refractivity contribution in [3.05, 3.63) is 68.8 Å². The Morgan fingerprint density at radius 1 is 1.19 bits per heavy atom. The number of para-hydroxylation sites is 1. The number of nitrogens with zero attached hydrogens (tertiary/aromatic N) is 1. The van der Waals surface area contributed by atoms with Crippen LogP contribution in [0.25, 0.3) is 0 Å². The number of nitro benzene ring substituents is 1. The second-order valence-corrected chi connectivity index (χ2v) is 6.96. The molecule has 0 bridgehead atoms. The van der Waals surface area contributed by atoms with Gasteiger partial charge in [-0.05, 0) is 48.6 Å². The van der Waals surface area contributed by atoms with E-state index in [9.17, 15) is 14.9 Å². The molecule has 0 spiro atoms. The molecule has 0 aromatic heterocycles. The van der Waals surface area contributed by atoms with E-state index in [1.165, 1.54) is 6.07 Å². The lowest BCUT2D eigenvalue weighted by Gasteiger charge is -2.21. The highest BCUT2D eigenvalue weighted by molar-refractivity contribution is 5.80. The van der Waals surface area contributed by atoms with E-state index in [0.29, 0.717) is 5.56 Å². The van der Waals surface area contributed by atoms with Crippen LogP contribution in [0.4, 0.5) is 5.69 Å². The fraction of sp³-hybridized carbons (Fsp3) is 0.381. The summed E-state index contributed by atoms with van der Waals surface area (Å²) < 4.78 is 5.47. The molecule has 2 aromatic carbocycles. The van der Waals surface area contributed by atoms with Crippen LogP contribution >= 0.6 is 0 Å². The number of nitrogens with one attached hydrogen (secondary N) is 1. The molecule has 2 rings (SSSR count). The molecule has 0 aliphatic rings. The van der Waals surface area contributed by atoms with Gasteiger partial charge in [-0.25, -0.2) is 0 Å². The average molecular weight is 370 g/mol. The third-order valence-electron chi connectivity index (χ3n) is 4.62. The van der Waals surface area contributed by atoms with Crippen LogP contribution in [0.2, 0.25) is 0 Å². The summed E-state index contributed by atoms with van der Waals surface area (Å²) in [5, 5.41) is 14.1. The van der Waals surface area contributed by atoms with Gasteiger partial charge in [0.2, 0.25) is 5.91 Å². The highest BCUT2D eigenvalue weighted by Crippen LogP contribution is 2.32. The number of ether oxygens (including phenoxy) is 1. The Hall–Kier alpha value is -2.89. The highest BCUT2D eigenvalue weighted by atomic mass is 16.6. The average Bonchev–Trinajstić information content (AvgIpc) is 2.61. The van der Waals surface area contributed by atoms with E-state index in [1.807, 2.05) is 19.9 Å². The van der Waals surface area contributed by atoms with Crippen LogP contribution in [0.1, 0.15) is 55.0 Å². The van der Waals surface area contributed by atoms with Crippen LogP contribution in [0, 0.1) is 17.0 Å². The highest BCUT2D eigenvalue weighted by Gasteiger charge is 2.19. The fourth-order valence-electron chi connectivity index (χ4n) is 3.19. The minimum absolute atomic E-state index is 0.0340. The summed E-state index contributed by atoms with van der Waals surface area (Å²) in [6.45, 7) is 8.08. The van der Waals surface area contributed by atoms with E-state index >= 15 is 0 Å². The van der Waals surface area contributed by atoms with Crippen molar-refractivity contribution in [2.45, 2.75) is 46.1 Å². The van der Waals surface area contributed by atoms with Gasteiger partial charge in [0.15, 0.2) is 0 Å². The summed E-state index contributed by atoms with van der Waals surface area (Å²) in [5.41, 5.74) is 3.48. The molecule has 0 saturated carbocycles. The minimum Gasteiger partial charge on any atom is -0.496 e. The van der Waals surface area contributed by atoms with Crippen molar-refractivity contribution in [2.24, 2.45) is 0 Å². The van der Waals surface area contributed by atoms with E-state index in [-0.39, 0.29) is 30.0 Å². The first-order valence-corrected chi connectivity index (χ1v) is 8.94. The third-order valence-corrected chi connectivity index (χ3v) is 4.62. The van der Waals surface area contributed by atoms with Gasteiger partial charge in [0, 0.05) is 11.6 Å². The van der Waals surface area contributed by atoms with E-state index < -0.39 is 4.92 Å². The molecule has 144 valence electrons. The number of hydrogen-bond acceptors (Lipinski definition) is 4. The molecule has 0 heterocycles. The number of carbonyl (C=O) groups excluding carboxylic acids is 1. The number of methoxy groups -OCH3 is 1. The van der Waals surface area contributed by atoms with Crippen LogP contribution in [0.15, 0.2) is 36.4 Å². The van der Waals surface area contributed by atoms with Gasteiger partial charge in [-0.1, -0.05) is 32.0 Å². The largest absolute Gasteiger partial charge is 0.496 e. The van der Waals surface area contributed by atoms with Crippen LogP contribution in [0.3, 0.4) is 0 Å². The van der Waals surface area contributed by atoms with Crippen LogP contribution in [-0.2, 0) is 11.2 Å². The molecule has 6 heteroatoms. The standard InChI is InChI=1S/C21H26N2O4/c1-13(2)17-12-18(14(3)10-20(17)27-5)15(4)22-21(24)11-16-8-6-7-9-19(16)23(25)26/h6-10,12-13,15H,11H2,1-5H3,(H,22,24). The predicted octanol–water partition coefficient (Wildman–Crippen LogP) is 4.46. The molecule has 0 saturated heterocycles. The molecule has 1 atom stereocenters. The number of aryl methyl sites for hydroxylation is 1. The zero-order chi connectivity index (χ0) is 20.1. The fourth-order valence-corrected chi connectivity index (χ4v) is 3.19. The molecular formula is C21H26N2O4. The summed E-state index contributed by atoms with van der Waals surface area (Å²) in [6, 6.07) is 10.1. The van der Waals surface area contributed by atoms with Crippen molar-refractivity contribution in [1.29, 1.82) is 0 Å². The number of carbonyl (C=O) groups is 1. The Labute approximate surface area is 159 Å². The Morgan fingerprint density at radius 3 is 2.44 bits per heavy atom. The zero-order valence-corrected chi connectivity index (χ0v) is 16.4. The lowest BCUT2D eigenvalue weighted by molar-refractivity contribution is -0.385. The maximum Gasteiger partial charge on any atom is 0.273 e. The topological polar surface area (TPSA) is 81.5 Å². The Bertz CT molecular complexity index is 846. The summed E-state index contributed by atoms with van der Waals surface area (Å²) >= 11 is 0. The molecule has 0 aliphatic heterocycles. The monoisotopic (exact) mass is 370 g/mol. The number of rotatable bonds is 7. The molecule has 0 radical (unpaired) electrons. The van der Waals surface area contributed by atoms with E-state index in [4.69, 9.17) is 4.74 Å². The molecule has 1 amide bonds. The van der Waals surface area contributed by atoms with Crippen LogP contribution in [0.5, 0.6) is 5.75 Å². The maximum atomic E-state index is 12.5. The molecular weight excluding hydrogens is 344 g/mol. The van der Waals surface area contributed by atoms with Crippen LogP contribution < -0.4 is 10.1 Å². The summed E-state index contributed by atoms with van der Waals surface area (Å²) in [7, 11) is 1.65. The third kappa shape index (κ3) is 4.84. The van der Waals surface area contributed by atoms with E-state index in [1.54, 1.807) is 25.3 Å². The molecule has 27 heavy (non-hydrogen) atoms. The van der Waals surface area contributed by atoms with Gasteiger partial charge in [0.05, 0.1) is 24.5 Å². The number of amides is 1. The van der Waals surface area contributed by atoms with Gasteiger partial charge in [0.1, 0.15) is 5.75 Å². The SMILES string of the molecule is COc1cc(C)c(C(C)NC(=O)Cc2ccccc2[N+](=O)[O-])cc1C(C)C. The summed E-state index contributed by atoms with van der Waals surface area (Å²) in [5.74, 6) is 0.872. The molecule has 0 aliphatic carbocycles. The summed E-state index contributed by atoms with van der Waals surface area (Å²) in [6.07, 6.45) is -0.0340. The van der Waals surface area contributed by atoms with Crippen molar-refractivity contribution in [1.82, 2.24) is 5.32 Å². The van der Waals surface area contributed by atoms with Crippen molar-refractivity contribution >= 4 is 11.6 Å². The Balaban J connectivity index is 2.20. The van der Waals surface area contributed by atoms with Crippen LogP contribution in [-0.4, -0.2) is 17.9 Å². The number of nitro groups is 1. The molecule has 2 aromatic rings. The zero-order valence-electron chi connectivity index (χ0n) is 16.4. The van der Waals surface area contributed by atoms with Gasteiger partial charge in [-0.15, -0.1) is 0 Å². The van der Waals surface area contributed by atoms with Gasteiger partial charge in [0.25, 0.3) is 5.69 Å². The van der Waals surface area contributed by atoms with Crippen molar-refractivity contribution in [2.75, 3.05) is 7.11 Å². The smallest absolute Gasteiger partial charge is 0.273 e. The quantitative estimate of drug-likeness (QED) is 0.576. The van der Waals surface area contributed by atoms with Gasteiger partial charge >= 0.3 is 0 Å². The second-order valence-electron chi connectivity index (χ2n) is 6.96. The minimum atomic E-state index is -0.464. The van der Waals surface area contributed by atoms with E-state index in [0.717, 1.165) is 22.4 Å². The molecule has 6 nitrogen and oxygen atoms in total. The number of hydrogen-bond donors (Lipinski definition) is 1. The summed E-state index contributed by atoms with van der Waals surface area (Å²) in [4.78, 5) is 23.1. The predicted molar refractivity (Wildman–Crippen MR) is 105 cm³/mol. The normalized spacial score (nSPS) is 11.9. The maximum absolute atomic E-state index is 12.5. The first kappa shape index (κ1) is 20.4. The van der Waals surface area contributed by atoms with Crippen molar-refractivity contribution in [3.63, 3.8) is 0 Å². The lowest BCUT2D eigenvalue weighted by atomic mass is 9.93. The first-order chi connectivity index (χ1) is 12.7. The molecule has 0 fully saturated rings. The molecule has 1 unspecified atom stereocenters. The Kier molecular flexibility index (Phi) is 6.55.